The number of nitrogens with two attached hydrogens (primary N) is 1. The third-order valence-corrected chi connectivity index (χ3v) is 2.24. The van der Waals surface area contributed by atoms with Crippen LogP contribution in [0.1, 0.15) is 30.0 Å². The molecule has 84 valence electrons. The van der Waals surface area contributed by atoms with Crippen molar-refractivity contribution in [3.63, 3.8) is 0 Å². The minimum absolute atomic E-state index is 0.0239. The molecular weight excluding hydrogens is 208 g/mol. The van der Waals surface area contributed by atoms with Crippen molar-refractivity contribution in [2.75, 3.05) is 0 Å². The Morgan fingerprint density at radius 3 is 2.81 bits per heavy atom. The molecule has 1 unspecified atom stereocenters. The van der Waals surface area contributed by atoms with Crippen LogP contribution in [0.15, 0.2) is 18.2 Å². The molecule has 0 heterocycles. The highest BCUT2D eigenvalue weighted by Gasteiger charge is 2.10. The lowest BCUT2D eigenvalue weighted by Gasteiger charge is -2.11. The van der Waals surface area contributed by atoms with E-state index < -0.39 is 12.0 Å². The first-order chi connectivity index (χ1) is 7.54. The number of carboxylic acid groups (broad SMARTS) is 1. The van der Waals surface area contributed by atoms with E-state index in [-0.39, 0.29) is 17.7 Å². The Bertz CT molecular complexity index is 437. The largest absolute Gasteiger partial charge is 0.507 e. The number of phenols is 1. The molecule has 5 heteroatoms. The van der Waals surface area contributed by atoms with Gasteiger partial charge in [0.15, 0.2) is 0 Å². The fourth-order valence-corrected chi connectivity index (χ4v) is 1.32. The van der Waals surface area contributed by atoms with Gasteiger partial charge in [-0.15, -0.1) is 0 Å². The summed E-state index contributed by atoms with van der Waals surface area (Å²) in [5, 5.41) is 26.5. The molecule has 0 aliphatic rings. The molecule has 0 saturated heterocycles. The third kappa shape index (κ3) is 2.97. The van der Waals surface area contributed by atoms with Crippen LogP contribution in [0.25, 0.3) is 0 Å². The molecule has 0 bridgehead atoms. The van der Waals surface area contributed by atoms with Gasteiger partial charge in [-0.25, -0.2) is 0 Å². The SMILES string of the molecule is N#Cc1cc(C(N)CCC(=O)O)ccc1O. The molecular formula is C11H12N2O3. The van der Waals surface area contributed by atoms with Crippen LogP contribution in [0.4, 0.5) is 0 Å². The van der Waals surface area contributed by atoms with Crippen LogP contribution < -0.4 is 5.73 Å². The Balaban J connectivity index is 2.80. The summed E-state index contributed by atoms with van der Waals surface area (Å²) in [6.07, 6.45) is 0.273. The van der Waals surface area contributed by atoms with E-state index in [0.29, 0.717) is 12.0 Å². The van der Waals surface area contributed by atoms with E-state index in [9.17, 15) is 9.90 Å². The summed E-state index contributed by atoms with van der Waals surface area (Å²) in [7, 11) is 0. The van der Waals surface area contributed by atoms with Crippen molar-refractivity contribution < 1.29 is 15.0 Å². The zero-order chi connectivity index (χ0) is 12.1. The maximum absolute atomic E-state index is 10.4. The van der Waals surface area contributed by atoms with Crippen molar-refractivity contribution in [3.8, 4) is 11.8 Å². The van der Waals surface area contributed by atoms with E-state index in [1.807, 2.05) is 6.07 Å². The summed E-state index contributed by atoms with van der Waals surface area (Å²) in [5.41, 5.74) is 6.55. The first-order valence-corrected chi connectivity index (χ1v) is 4.75. The number of carbonyl (C=O) groups is 1. The van der Waals surface area contributed by atoms with Crippen LogP contribution in [0, 0.1) is 11.3 Å². The molecule has 0 aliphatic carbocycles. The molecule has 1 aromatic rings. The molecule has 0 saturated carbocycles. The average Bonchev–Trinajstić information content (AvgIpc) is 2.26. The topological polar surface area (TPSA) is 107 Å². The molecule has 1 rings (SSSR count). The van der Waals surface area contributed by atoms with E-state index in [0.717, 1.165) is 0 Å². The number of hydrogen-bond donors (Lipinski definition) is 3. The van der Waals surface area contributed by atoms with Gasteiger partial charge in [0, 0.05) is 12.5 Å². The van der Waals surface area contributed by atoms with E-state index >= 15 is 0 Å². The molecule has 5 nitrogen and oxygen atoms in total. The molecule has 0 spiro atoms. The number of carboxylic acids is 1. The van der Waals surface area contributed by atoms with Crippen molar-refractivity contribution >= 4 is 5.97 Å². The zero-order valence-corrected chi connectivity index (χ0v) is 8.55. The molecule has 1 aromatic carbocycles. The van der Waals surface area contributed by atoms with Crippen LogP contribution in [0.3, 0.4) is 0 Å². The van der Waals surface area contributed by atoms with E-state index in [4.69, 9.17) is 16.1 Å². The highest BCUT2D eigenvalue weighted by molar-refractivity contribution is 5.66. The van der Waals surface area contributed by atoms with E-state index in [2.05, 4.69) is 0 Å². The maximum atomic E-state index is 10.4. The van der Waals surface area contributed by atoms with Crippen molar-refractivity contribution in [1.29, 1.82) is 5.26 Å². The van der Waals surface area contributed by atoms with Crippen molar-refractivity contribution in [3.05, 3.63) is 29.3 Å². The lowest BCUT2D eigenvalue weighted by atomic mass is 10.0. The van der Waals surface area contributed by atoms with Crippen LogP contribution in [-0.4, -0.2) is 16.2 Å². The quantitative estimate of drug-likeness (QED) is 0.704. The van der Waals surface area contributed by atoms with E-state index in [1.165, 1.54) is 12.1 Å². The summed E-state index contributed by atoms with van der Waals surface area (Å²) in [6.45, 7) is 0. The molecule has 4 N–H and O–H groups in total. The average molecular weight is 220 g/mol. The Hall–Kier alpha value is -2.06. The number of aliphatic carboxylic acids is 1. The number of nitriles is 1. The van der Waals surface area contributed by atoms with Crippen molar-refractivity contribution in [2.24, 2.45) is 5.73 Å². The number of aromatic hydroxyl groups is 1. The summed E-state index contributed by atoms with van der Waals surface area (Å²) >= 11 is 0. The Morgan fingerprint density at radius 2 is 2.25 bits per heavy atom. The summed E-state index contributed by atoms with van der Waals surface area (Å²) < 4.78 is 0. The second-order valence-corrected chi connectivity index (χ2v) is 3.43. The standard InChI is InChI=1S/C11H12N2O3/c12-6-8-5-7(1-3-10(8)14)9(13)2-4-11(15)16/h1,3,5,9,14H,2,4,13H2,(H,15,16). The van der Waals surface area contributed by atoms with Crippen LogP contribution in [-0.2, 0) is 4.79 Å². The van der Waals surface area contributed by atoms with Crippen LogP contribution >= 0.6 is 0 Å². The van der Waals surface area contributed by atoms with Gasteiger partial charge in [0.25, 0.3) is 0 Å². The monoisotopic (exact) mass is 220 g/mol. The van der Waals surface area contributed by atoms with Crippen LogP contribution in [0.2, 0.25) is 0 Å². The highest BCUT2D eigenvalue weighted by atomic mass is 16.4. The zero-order valence-electron chi connectivity index (χ0n) is 8.55. The number of benzene rings is 1. The van der Waals surface area contributed by atoms with Gasteiger partial charge in [-0.2, -0.15) is 5.26 Å². The molecule has 0 amide bonds. The molecule has 0 radical (unpaired) electrons. The number of hydrogen-bond acceptors (Lipinski definition) is 4. The molecule has 0 aliphatic heterocycles. The normalized spacial score (nSPS) is 11.8. The summed E-state index contributed by atoms with van der Waals surface area (Å²) in [4.78, 5) is 10.4. The molecule has 0 fully saturated rings. The smallest absolute Gasteiger partial charge is 0.303 e. The number of rotatable bonds is 4. The Labute approximate surface area is 92.7 Å². The van der Waals surface area contributed by atoms with Gasteiger partial charge >= 0.3 is 5.97 Å². The molecule has 1 atom stereocenters. The van der Waals surface area contributed by atoms with E-state index in [1.54, 1.807) is 6.07 Å². The van der Waals surface area contributed by atoms with Gasteiger partial charge in [0.1, 0.15) is 11.8 Å². The number of nitrogens with zero attached hydrogens (tertiary/aromatic N) is 1. The fraction of sp³-hybridized carbons (Fsp3) is 0.273. The maximum Gasteiger partial charge on any atom is 0.303 e. The predicted octanol–water partition coefficient (Wildman–Crippen LogP) is 1.13. The second-order valence-electron chi connectivity index (χ2n) is 3.43. The molecule has 0 aromatic heterocycles. The predicted molar refractivity (Wildman–Crippen MR) is 56.6 cm³/mol. The Morgan fingerprint density at radius 1 is 1.56 bits per heavy atom. The van der Waals surface area contributed by atoms with Crippen molar-refractivity contribution in [2.45, 2.75) is 18.9 Å². The Kier molecular flexibility index (Phi) is 3.86. The summed E-state index contributed by atoms with van der Waals surface area (Å²) in [6, 6.07) is 5.84. The highest BCUT2D eigenvalue weighted by Crippen LogP contribution is 2.22. The fourth-order valence-electron chi connectivity index (χ4n) is 1.32. The summed E-state index contributed by atoms with van der Waals surface area (Å²) in [5.74, 6) is -1.01. The first-order valence-electron chi connectivity index (χ1n) is 4.75. The lowest BCUT2D eigenvalue weighted by Crippen LogP contribution is -2.12. The number of phenolic OH excluding ortho intramolecular Hbond substituents is 1. The lowest BCUT2D eigenvalue weighted by molar-refractivity contribution is -0.137. The van der Waals surface area contributed by atoms with Crippen LogP contribution in [0.5, 0.6) is 5.75 Å². The van der Waals surface area contributed by atoms with Gasteiger partial charge in [-0.1, -0.05) is 6.07 Å². The minimum Gasteiger partial charge on any atom is -0.507 e. The van der Waals surface area contributed by atoms with Gasteiger partial charge in [0.05, 0.1) is 5.56 Å². The first kappa shape index (κ1) is 12.0. The molecule has 16 heavy (non-hydrogen) atoms. The van der Waals surface area contributed by atoms with Gasteiger partial charge in [-0.05, 0) is 24.1 Å². The van der Waals surface area contributed by atoms with Crippen molar-refractivity contribution in [1.82, 2.24) is 0 Å². The van der Waals surface area contributed by atoms with Gasteiger partial charge in [-0.3, -0.25) is 4.79 Å². The third-order valence-electron chi connectivity index (χ3n) is 2.24. The van der Waals surface area contributed by atoms with Gasteiger partial charge in [0.2, 0.25) is 0 Å². The van der Waals surface area contributed by atoms with Gasteiger partial charge < -0.3 is 15.9 Å². The second kappa shape index (κ2) is 5.14. The minimum atomic E-state index is -0.908.